The van der Waals surface area contributed by atoms with Crippen molar-refractivity contribution in [1.29, 1.82) is 0 Å². The highest BCUT2D eigenvalue weighted by molar-refractivity contribution is 6.50. The van der Waals surface area contributed by atoms with Gasteiger partial charge in [-0.3, -0.25) is 9.59 Å². The van der Waals surface area contributed by atoms with Crippen molar-refractivity contribution in [2.75, 3.05) is 6.61 Å². The molecule has 0 bridgehead atoms. The van der Waals surface area contributed by atoms with E-state index in [2.05, 4.69) is 0 Å². The lowest BCUT2D eigenvalue weighted by Crippen LogP contribution is -2.19. The van der Waals surface area contributed by atoms with Crippen LogP contribution in [0.5, 0.6) is 0 Å². The SMILES string of the molecule is O=C(Cn1c2ccccc2c(=O)c2ccccc21)OC[C@@H]1CC1(Cl)Cl. The Morgan fingerprint density at radius 2 is 1.60 bits per heavy atom. The zero-order chi connectivity index (χ0) is 17.6. The smallest absolute Gasteiger partial charge is 0.325 e. The van der Waals surface area contributed by atoms with Crippen molar-refractivity contribution in [2.24, 2.45) is 5.92 Å². The number of para-hydroxylation sites is 2. The Morgan fingerprint density at radius 3 is 2.12 bits per heavy atom. The first kappa shape index (κ1) is 16.4. The number of pyridine rings is 1. The third-order valence-electron chi connectivity index (χ3n) is 4.57. The highest BCUT2D eigenvalue weighted by atomic mass is 35.5. The average Bonchev–Trinajstić information content (AvgIpc) is 3.23. The molecular weight excluding hydrogens is 361 g/mol. The first-order valence-corrected chi connectivity index (χ1v) is 8.77. The molecule has 0 aliphatic heterocycles. The van der Waals surface area contributed by atoms with Crippen LogP contribution in [0.1, 0.15) is 6.42 Å². The minimum atomic E-state index is -0.767. The van der Waals surface area contributed by atoms with Crippen molar-refractivity contribution in [3.8, 4) is 0 Å². The molecule has 4 rings (SSSR count). The van der Waals surface area contributed by atoms with E-state index in [0.717, 1.165) is 0 Å². The number of nitrogens with zero attached hydrogens (tertiary/aromatic N) is 1. The number of carbonyl (C=O) groups excluding carboxylic acids is 1. The summed E-state index contributed by atoms with van der Waals surface area (Å²) in [4.78, 5) is 25.0. The van der Waals surface area contributed by atoms with Crippen LogP contribution in [0, 0.1) is 5.92 Å². The van der Waals surface area contributed by atoms with Crippen molar-refractivity contribution >= 4 is 51.0 Å². The van der Waals surface area contributed by atoms with Gasteiger partial charge in [0.05, 0.1) is 17.6 Å². The van der Waals surface area contributed by atoms with Crippen LogP contribution in [0.3, 0.4) is 0 Å². The van der Waals surface area contributed by atoms with Crippen LogP contribution in [0.25, 0.3) is 21.8 Å². The Morgan fingerprint density at radius 1 is 1.08 bits per heavy atom. The van der Waals surface area contributed by atoms with Crippen LogP contribution < -0.4 is 5.43 Å². The van der Waals surface area contributed by atoms with E-state index in [1.807, 2.05) is 41.0 Å². The molecule has 6 heteroatoms. The molecule has 1 aliphatic rings. The summed E-state index contributed by atoms with van der Waals surface area (Å²) in [5, 5.41) is 1.16. The number of benzene rings is 2. The van der Waals surface area contributed by atoms with Crippen LogP contribution in [0.2, 0.25) is 0 Å². The molecule has 1 aromatic heterocycles. The van der Waals surface area contributed by atoms with E-state index >= 15 is 0 Å². The highest BCUT2D eigenvalue weighted by Crippen LogP contribution is 2.53. The van der Waals surface area contributed by atoms with Gasteiger partial charge >= 0.3 is 5.97 Å². The molecule has 1 heterocycles. The quantitative estimate of drug-likeness (QED) is 0.394. The van der Waals surface area contributed by atoms with Gasteiger partial charge in [0.25, 0.3) is 0 Å². The van der Waals surface area contributed by atoms with E-state index in [0.29, 0.717) is 28.2 Å². The fraction of sp³-hybridized carbons (Fsp3) is 0.263. The lowest BCUT2D eigenvalue weighted by atomic mass is 10.1. The summed E-state index contributed by atoms with van der Waals surface area (Å²) in [6.45, 7) is 0.230. The molecule has 0 unspecified atom stereocenters. The first-order valence-electron chi connectivity index (χ1n) is 8.01. The van der Waals surface area contributed by atoms with Gasteiger partial charge in [-0.25, -0.2) is 0 Å². The summed E-state index contributed by atoms with van der Waals surface area (Å²) in [6, 6.07) is 14.5. The van der Waals surface area contributed by atoms with Gasteiger partial charge in [-0.15, -0.1) is 23.2 Å². The number of carbonyl (C=O) groups is 1. The number of rotatable bonds is 4. The Hall–Kier alpha value is -2.04. The molecule has 2 aromatic carbocycles. The van der Waals surface area contributed by atoms with E-state index in [4.69, 9.17) is 27.9 Å². The molecule has 0 saturated heterocycles. The van der Waals surface area contributed by atoms with E-state index in [-0.39, 0.29) is 30.5 Å². The predicted octanol–water partition coefficient (Wildman–Crippen LogP) is 3.89. The van der Waals surface area contributed by atoms with Gasteiger partial charge < -0.3 is 9.30 Å². The maximum atomic E-state index is 12.7. The van der Waals surface area contributed by atoms with Crippen LogP contribution in [0.15, 0.2) is 53.3 Å². The van der Waals surface area contributed by atoms with Gasteiger partial charge in [-0.2, -0.15) is 0 Å². The third-order valence-corrected chi connectivity index (χ3v) is 5.49. The fourth-order valence-corrected chi connectivity index (χ4v) is 3.56. The third kappa shape index (κ3) is 3.00. The molecule has 0 amide bonds. The molecule has 3 aromatic rings. The first-order chi connectivity index (χ1) is 12.0. The molecule has 0 spiro atoms. The molecular formula is C19H15Cl2NO3. The number of hydrogen-bond acceptors (Lipinski definition) is 3. The topological polar surface area (TPSA) is 48.3 Å². The van der Waals surface area contributed by atoms with Gasteiger partial charge in [0.1, 0.15) is 10.9 Å². The molecule has 1 aliphatic carbocycles. The predicted molar refractivity (Wildman–Crippen MR) is 99.2 cm³/mol. The lowest BCUT2D eigenvalue weighted by molar-refractivity contribution is -0.144. The number of ether oxygens (including phenoxy) is 1. The minimum Gasteiger partial charge on any atom is -0.464 e. The molecule has 25 heavy (non-hydrogen) atoms. The monoisotopic (exact) mass is 375 g/mol. The van der Waals surface area contributed by atoms with Gasteiger partial charge in [0, 0.05) is 16.7 Å². The summed E-state index contributed by atoms with van der Waals surface area (Å²) in [6.07, 6.45) is 0.632. The summed E-state index contributed by atoms with van der Waals surface area (Å²) < 4.78 is 6.38. The van der Waals surface area contributed by atoms with E-state index in [9.17, 15) is 9.59 Å². The number of halogens is 2. The second-order valence-electron chi connectivity index (χ2n) is 6.29. The summed E-state index contributed by atoms with van der Waals surface area (Å²) >= 11 is 11.9. The number of alkyl halides is 2. The van der Waals surface area contributed by atoms with Crippen LogP contribution in [-0.2, 0) is 16.1 Å². The molecule has 1 fully saturated rings. The molecule has 1 atom stereocenters. The highest BCUT2D eigenvalue weighted by Gasteiger charge is 2.52. The Kier molecular flexibility index (Phi) is 3.97. The molecule has 128 valence electrons. The number of fused-ring (bicyclic) bond motifs is 2. The van der Waals surface area contributed by atoms with Crippen molar-refractivity contribution < 1.29 is 9.53 Å². The Balaban J connectivity index is 1.71. The van der Waals surface area contributed by atoms with E-state index < -0.39 is 4.33 Å². The minimum absolute atomic E-state index is 0.0118. The second-order valence-corrected chi connectivity index (χ2v) is 7.84. The Labute approximate surface area is 153 Å². The van der Waals surface area contributed by atoms with Gasteiger partial charge in [-0.1, -0.05) is 24.3 Å². The molecule has 0 radical (unpaired) electrons. The maximum Gasteiger partial charge on any atom is 0.325 e. The normalized spacial score (nSPS) is 18.4. The van der Waals surface area contributed by atoms with Gasteiger partial charge in [-0.05, 0) is 30.7 Å². The van der Waals surface area contributed by atoms with Crippen molar-refractivity contribution in [3.05, 3.63) is 58.8 Å². The standard InChI is InChI=1S/C19H15Cl2NO3/c20-19(21)9-12(19)11-25-17(23)10-22-15-7-3-1-5-13(15)18(24)14-6-2-4-8-16(14)22/h1-8,12H,9-11H2/t12-/m0/s1. The fourth-order valence-electron chi connectivity index (χ4n) is 3.07. The van der Waals surface area contributed by atoms with Crippen molar-refractivity contribution in [3.63, 3.8) is 0 Å². The van der Waals surface area contributed by atoms with Crippen molar-refractivity contribution in [1.82, 2.24) is 4.57 Å². The maximum absolute atomic E-state index is 12.7. The lowest BCUT2D eigenvalue weighted by Gasteiger charge is -2.14. The summed E-state index contributed by atoms with van der Waals surface area (Å²) in [7, 11) is 0. The number of esters is 1. The van der Waals surface area contributed by atoms with Crippen molar-refractivity contribution in [2.45, 2.75) is 17.3 Å². The zero-order valence-electron chi connectivity index (χ0n) is 13.2. The molecule has 4 nitrogen and oxygen atoms in total. The summed E-state index contributed by atoms with van der Waals surface area (Å²) in [5.74, 6) is -0.391. The largest absolute Gasteiger partial charge is 0.464 e. The molecule has 1 saturated carbocycles. The van der Waals surface area contributed by atoms with E-state index in [1.165, 1.54) is 0 Å². The number of hydrogen-bond donors (Lipinski definition) is 0. The molecule has 0 N–H and O–H groups in total. The van der Waals surface area contributed by atoms with E-state index in [1.54, 1.807) is 12.1 Å². The van der Waals surface area contributed by atoms with Gasteiger partial charge in [0.2, 0.25) is 0 Å². The average molecular weight is 376 g/mol. The Bertz CT molecular complexity index is 982. The number of aromatic nitrogens is 1. The zero-order valence-corrected chi connectivity index (χ0v) is 14.8. The van der Waals surface area contributed by atoms with Crippen LogP contribution >= 0.6 is 23.2 Å². The second kappa shape index (κ2) is 6.04. The van der Waals surface area contributed by atoms with Crippen LogP contribution in [-0.4, -0.2) is 21.5 Å². The summed E-state index contributed by atoms with van der Waals surface area (Å²) in [5.41, 5.74) is 1.38. The van der Waals surface area contributed by atoms with Gasteiger partial charge in [0.15, 0.2) is 5.43 Å². The van der Waals surface area contributed by atoms with Crippen LogP contribution in [0.4, 0.5) is 0 Å².